The van der Waals surface area contributed by atoms with Gasteiger partial charge in [0.15, 0.2) is 5.76 Å². The molecule has 0 saturated carbocycles. The first kappa shape index (κ1) is 16.3. The lowest BCUT2D eigenvalue weighted by Crippen LogP contribution is -2.16. The first-order chi connectivity index (χ1) is 11.6. The maximum Gasteiger partial charge on any atom is 0.307 e. The number of hydrazone groups is 1. The fourth-order valence-corrected chi connectivity index (χ4v) is 2.56. The molecule has 1 amide bonds. The van der Waals surface area contributed by atoms with Crippen LogP contribution >= 0.6 is 23.2 Å². The summed E-state index contributed by atoms with van der Waals surface area (Å²) in [4.78, 5) is 11.7. The van der Waals surface area contributed by atoms with Crippen molar-refractivity contribution in [1.29, 1.82) is 0 Å². The average Bonchev–Trinajstić information content (AvgIpc) is 3.18. The van der Waals surface area contributed by atoms with Crippen LogP contribution in [0.4, 0.5) is 0 Å². The monoisotopic (exact) mass is 362 g/mol. The van der Waals surface area contributed by atoms with Gasteiger partial charge < -0.3 is 4.42 Å². The van der Waals surface area contributed by atoms with Gasteiger partial charge in [-0.2, -0.15) is 10.2 Å². The summed E-state index contributed by atoms with van der Waals surface area (Å²) in [6.45, 7) is 1.79. The molecule has 8 heteroatoms. The molecule has 0 aliphatic carbocycles. The minimum absolute atomic E-state index is 0.171. The number of rotatable bonds is 4. The van der Waals surface area contributed by atoms with Crippen molar-refractivity contribution in [3.05, 3.63) is 69.9 Å². The summed E-state index contributed by atoms with van der Waals surface area (Å²) in [6.07, 6.45) is 2.85. The number of nitrogens with one attached hydrogen (secondary N) is 1. The third kappa shape index (κ3) is 3.34. The largest absolute Gasteiger partial charge is 0.459 e. The van der Waals surface area contributed by atoms with Crippen molar-refractivity contribution in [1.82, 2.24) is 15.2 Å². The normalized spacial score (nSPS) is 11.1. The molecule has 0 unspecified atom stereocenters. The highest BCUT2D eigenvalue weighted by atomic mass is 35.5. The molecular weight excluding hydrogens is 351 g/mol. The fourth-order valence-electron chi connectivity index (χ4n) is 2.06. The SMILES string of the molecule is Cc1nn(-c2cccc(Cl)c2)c(Cl)c1C=NNC(=O)c1ccco1. The topological polar surface area (TPSA) is 72.4 Å². The van der Waals surface area contributed by atoms with Crippen LogP contribution in [0.2, 0.25) is 10.2 Å². The van der Waals surface area contributed by atoms with Crippen molar-refractivity contribution in [3.63, 3.8) is 0 Å². The van der Waals surface area contributed by atoms with Crippen LogP contribution in [0.15, 0.2) is 52.2 Å². The van der Waals surface area contributed by atoms with E-state index < -0.39 is 5.91 Å². The van der Waals surface area contributed by atoms with Gasteiger partial charge in [-0.05, 0) is 37.3 Å². The van der Waals surface area contributed by atoms with E-state index in [0.29, 0.717) is 21.4 Å². The van der Waals surface area contributed by atoms with E-state index >= 15 is 0 Å². The second-order valence-corrected chi connectivity index (χ2v) is 5.65. The lowest BCUT2D eigenvalue weighted by atomic mass is 10.3. The molecule has 1 aromatic carbocycles. The molecule has 122 valence electrons. The zero-order valence-electron chi connectivity index (χ0n) is 12.5. The van der Waals surface area contributed by atoms with E-state index in [9.17, 15) is 4.79 Å². The Kier molecular flexibility index (Phi) is 4.69. The number of aromatic nitrogens is 2. The first-order valence-electron chi connectivity index (χ1n) is 6.94. The van der Waals surface area contributed by atoms with Gasteiger partial charge in [-0.1, -0.05) is 29.3 Å². The molecule has 1 N–H and O–H groups in total. The van der Waals surface area contributed by atoms with Crippen LogP contribution in [0.25, 0.3) is 5.69 Å². The smallest absolute Gasteiger partial charge is 0.307 e. The third-order valence-corrected chi connectivity index (χ3v) is 3.80. The van der Waals surface area contributed by atoms with E-state index in [-0.39, 0.29) is 5.76 Å². The number of hydrogen-bond acceptors (Lipinski definition) is 4. The highest BCUT2D eigenvalue weighted by molar-refractivity contribution is 6.32. The summed E-state index contributed by atoms with van der Waals surface area (Å²) in [6, 6.07) is 10.3. The molecule has 3 rings (SSSR count). The van der Waals surface area contributed by atoms with Gasteiger partial charge in [0.05, 0.1) is 29.4 Å². The molecule has 6 nitrogen and oxygen atoms in total. The number of benzene rings is 1. The van der Waals surface area contributed by atoms with E-state index in [1.165, 1.54) is 12.5 Å². The lowest BCUT2D eigenvalue weighted by Gasteiger charge is -2.03. The van der Waals surface area contributed by atoms with E-state index in [4.69, 9.17) is 27.6 Å². The molecular formula is C16H12Cl2N4O2. The van der Waals surface area contributed by atoms with Gasteiger partial charge in [0.25, 0.3) is 0 Å². The Bertz CT molecular complexity index is 901. The maximum atomic E-state index is 11.7. The second-order valence-electron chi connectivity index (χ2n) is 4.86. The van der Waals surface area contributed by atoms with Crippen LogP contribution in [0.5, 0.6) is 0 Å². The number of amides is 1. The van der Waals surface area contributed by atoms with Crippen molar-refractivity contribution >= 4 is 35.3 Å². The van der Waals surface area contributed by atoms with Gasteiger partial charge >= 0.3 is 5.91 Å². The zero-order chi connectivity index (χ0) is 17.1. The lowest BCUT2D eigenvalue weighted by molar-refractivity contribution is 0.0927. The predicted molar refractivity (Wildman–Crippen MR) is 92.1 cm³/mol. The number of halogens is 2. The molecule has 2 heterocycles. The number of aryl methyl sites for hydroxylation is 1. The van der Waals surface area contributed by atoms with Crippen LogP contribution in [-0.4, -0.2) is 21.9 Å². The molecule has 0 aliphatic rings. The zero-order valence-corrected chi connectivity index (χ0v) is 14.0. The summed E-state index contributed by atoms with van der Waals surface area (Å²) in [5.41, 5.74) is 4.35. The molecule has 0 aliphatic heterocycles. The number of carbonyl (C=O) groups excluding carboxylic acids is 1. The first-order valence-corrected chi connectivity index (χ1v) is 7.70. The third-order valence-electron chi connectivity index (χ3n) is 3.21. The molecule has 0 radical (unpaired) electrons. The van der Waals surface area contributed by atoms with Gasteiger partial charge in [-0.15, -0.1) is 0 Å². The summed E-state index contributed by atoms with van der Waals surface area (Å²) < 4.78 is 6.53. The predicted octanol–water partition coefficient (Wildman–Crippen LogP) is 3.84. The molecule has 24 heavy (non-hydrogen) atoms. The van der Waals surface area contributed by atoms with Gasteiger partial charge in [0.2, 0.25) is 0 Å². The number of nitrogens with zero attached hydrogens (tertiary/aromatic N) is 3. The van der Waals surface area contributed by atoms with Gasteiger partial charge in [-0.3, -0.25) is 4.79 Å². The Morgan fingerprint density at radius 3 is 2.88 bits per heavy atom. The van der Waals surface area contributed by atoms with Gasteiger partial charge in [0, 0.05) is 5.02 Å². The minimum atomic E-state index is -0.452. The highest BCUT2D eigenvalue weighted by Gasteiger charge is 2.14. The summed E-state index contributed by atoms with van der Waals surface area (Å²) in [5, 5.41) is 9.22. The van der Waals surface area contributed by atoms with Crippen LogP contribution < -0.4 is 5.43 Å². The van der Waals surface area contributed by atoms with Crippen molar-refractivity contribution in [3.8, 4) is 5.69 Å². The Hall–Kier alpha value is -2.57. The van der Waals surface area contributed by atoms with Crippen LogP contribution in [0.3, 0.4) is 0 Å². The summed E-state index contributed by atoms with van der Waals surface area (Å²) in [5.74, 6) is -0.281. The Balaban J connectivity index is 1.82. The van der Waals surface area contributed by atoms with E-state index in [1.807, 2.05) is 12.1 Å². The Labute approximate surface area is 147 Å². The molecule has 0 bridgehead atoms. The van der Waals surface area contributed by atoms with Crippen LogP contribution in [-0.2, 0) is 0 Å². The van der Waals surface area contributed by atoms with Crippen molar-refractivity contribution in [2.24, 2.45) is 5.10 Å². The Morgan fingerprint density at radius 1 is 1.33 bits per heavy atom. The molecule has 0 fully saturated rings. The van der Waals surface area contributed by atoms with Crippen LogP contribution in [0.1, 0.15) is 21.8 Å². The summed E-state index contributed by atoms with van der Waals surface area (Å²) >= 11 is 12.4. The number of hydrogen-bond donors (Lipinski definition) is 1. The minimum Gasteiger partial charge on any atom is -0.459 e. The number of furan rings is 1. The molecule has 0 atom stereocenters. The average molecular weight is 363 g/mol. The maximum absolute atomic E-state index is 11.7. The van der Waals surface area contributed by atoms with Gasteiger partial charge in [0.1, 0.15) is 5.15 Å². The van der Waals surface area contributed by atoms with Crippen molar-refractivity contribution in [2.75, 3.05) is 0 Å². The van der Waals surface area contributed by atoms with Crippen LogP contribution in [0, 0.1) is 6.92 Å². The number of carbonyl (C=O) groups is 1. The summed E-state index contributed by atoms with van der Waals surface area (Å²) in [7, 11) is 0. The second kappa shape index (κ2) is 6.90. The standard InChI is InChI=1S/C16H12Cl2N4O2/c1-10-13(9-19-20-16(23)14-6-3-7-24-14)15(18)22(21-10)12-5-2-4-11(17)8-12/h2-9H,1H3,(H,20,23). The van der Waals surface area contributed by atoms with Crippen molar-refractivity contribution < 1.29 is 9.21 Å². The fraction of sp³-hybridized carbons (Fsp3) is 0.0625. The Morgan fingerprint density at radius 2 is 2.17 bits per heavy atom. The van der Waals surface area contributed by atoms with E-state index in [0.717, 1.165) is 5.69 Å². The molecule has 3 aromatic rings. The van der Waals surface area contributed by atoms with Gasteiger partial charge in [-0.25, -0.2) is 10.1 Å². The van der Waals surface area contributed by atoms with E-state index in [2.05, 4.69) is 15.6 Å². The quantitative estimate of drug-likeness (QED) is 0.565. The van der Waals surface area contributed by atoms with E-state index in [1.54, 1.807) is 35.9 Å². The highest BCUT2D eigenvalue weighted by Crippen LogP contribution is 2.23. The molecule has 2 aromatic heterocycles. The van der Waals surface area contributed by atoms with Crippen molar-refractivity contribution in [2.45, 2.75) is 6.92 Å². The molecule has 0 spiro atoms. The molecule has 0 saturated heterocycles.